The number of hydrogen-bond acceptors (Lipinski definition) is 6. The molecule has 204 valence electrons. The van der Waals surface area contributed by atoms with E-state index >= 15 is 0 Å². The summed E-state index contributed by atoms with van der Waals surface area (Å²) < 4.78 is 16.0. The zero-order chi connectivity index (χ0) is 27.5. The third kappa shape index (κ3) is 8.49. The molecular formula is C29H37N3O5S. The molecule has 0 saturated heterocycles. The van der Waals surface area contributed by atoms with Crippen molar-refractivity contribution in [2.45, 2.75) is 26.8 Å². The number of rotatable bonds is 13. The Morgan fingerprint density at radius 2 is 1.68 bits per heavy atom. The van der Waals surface area contributed by atoms with Gasteiger partial charge in [-0.15, -0.1) is 11.3 Å². The van der Waals surface area contributed by atoms with Crippen molar-refractivity contribution in [1.29, 1.82) is 0 Å². The van der Waals surface area contributed by atoms with Gasteiger partial charge in [0.2, 0.25) is 5.91 Å². The molecule has 0 radical (unpaired) electrons. The molecule has 0 spiro atoms. The van der Waals surface area contributed by atoms with Crippen LogP contribution < -0.4 is 14.8 Å². The number of nitrogens with zero attached hydrogens (tertiary/aromatic N) is 2. The number of anilines is 1. The van der Waals surface area contributed by atoms with Crippen molar-refractivity contribution in [3.63, 3.8) is 0 Å². The molecule has 38 heavy (non-hydrogen) atoms. The number of carbonyl (C=O) groups is 2. The molecular weight excluding hydrogens is 502 g/mol. The van der Waals surface area contributed by atoms with Gasteiger partial charge in [0.1, 0.15) is 6.54 Å². The molecule has 2 aromatic carbocycles. The molecule has 1 aromatic heterocycles. The van der Waals surface area contributed by atoms with Crippen LogP contribution in [0.4, 0.5) is 10.5 Å². The van der Waals surface area contributed by atoms with E-state index in [0.717, 1.165) is 16.0 Å². The predicted octanol–water partition coefficient (Wildman–Crippen LogP) is 5.13. The zero-order valence-corrected chi connectivity index (χ0v) is 23.6. The minimum absolute atomic E-state index is 0.0582. The Labute approximate surface area is 229 Å². The third-order valence-corrected chi connectivity index (χ3v) is 7.05. The van der Waals surface area contributed by atoms with Gasteiger partial charge in [-0.1, -0.05) is 18.2 Å². The Balaban J connectivity index is 1.75. The number of thiophene rings is 1. The Kier molecular flexibility index (Phi) is 11.0. The van der Waals surface area contributed by atoms with Crippen molar-refractivity contribution in [1.82, 2.24) is 9.80 Å². The molecule has 3 rings (SSSR count). The summed E-state index contributed by atoms with van der Waals surface area (Å²) in [4.78, 5) is 32.3. The van der Waals surface area contributed by atoms with Crippen LogP contribution in [0.25, 0.3) is 0 Å². The van der Waals surface area contributed by atoms with Crippen LogP contribution in [-0.4, -0.2) is 69.3 Å². The lowest BCUT2D eigenvalue weighted by molar-refractivity contribution is -0.132. The molecule has 0 saturated carbocycles. The van der Waals surface area contributed by atoms with Crippen molar-refractivity contribution < 1.29 is 23.8 Å². The number of methoxy groups -OCH3 is 3. The van der Waals surface area contributed by atoms with Gasteiger partial charge in [0, 0.05) is 35.6 Å². The van der Waals surface area contributed by atoms with Crippen LogP contribution in [0.5, 0.6) is 11.5 Å². The number of ether oxygens (including phenoxy) is 3. The van der Waals surface area contributed by atoms with Crippen molar-refractivity contribution in [3.8, 4) is 11.5 Å². The number of amides is 3. The molecule has 8 nitrogen and oxygen atoms in total. The van der Waals surface area contributed by atoms with E-state index in [4.69, 9.17) is 14.2 Å². The van der Waals surface area contributed by atoms with E-state index in [1.807, 2.05) is 67.3 Å². The first kappa shape index (κ1) is 29.0. The minimum atomic E-state index is -0.340. The summed E-state index contributed by atoms with van der Waals surface area (Å²) in [5.74, 6) is 1.17. The summed E-state index contributed by atoms with van der Waals surface area (Å²) in [5.41, 5.74) is 2.75. The van der Waals surface area contributed by atoms with Crippen molar-refractivity contribution >= 4 is 29.0 Å². The van der Waals surface area contributed by atoms with Crippen LogP contribution >= 0.6 is 11.3 Å². The van der Waals surface area contributed by atoms with Gasteiger partial charge in [0.05, 0.1) is 27.4 Å². The number of carbonyl (C=O) groups excluding carboxylic acids is 2. The summed E-state index contributed by atoms with van der Waals surface area (Å²) in [7, 11) is 4.78. The highest BCUT2D eigenvalue weighted by Gasteiger charge is 2.22. The lowest BCUT2D eigenvalue weighted by Gasteiger charge is -2.28. The fraction of sp³-hybridized carbons (Fsp3) is 0.379. The summed E-state index contributed by atoms with van der Waals surface area (Å²) in [6, 6.07) is 17.1. The number of aryl methyl sites for hydroxylation is 2. The maximum atomic E-state index is 13.6. The Morgan fingerprint density at radius 1 is 0.895 bits per heavy atom. The molecule has 1 heterocycles. The first-order valence-corrected chi connectivity index (χ1v) is 13.3. The quantitative estimate of drug-likeness (QED) is 0.326. The van der Waals surface area contributed by atoms with Crippen LogP contribution in [0.1, 0.15) is 20.9 Å². The second-order valence-electron chi connectivity index (χ2n) is 8.98. The first-order chi connectivity index (χ1) is 18.3. The molecule has 1 N–H and O–H groups in total. The van der Waals surface area contributed by atoms with Crippen LogP contribution in [0, 0.1) is 13.8 Å². The van der Waals surface area contributed by atoms with E-state index in [1.165, 1.54) is 9.78 Å². The molecule has 0 aliphatic rings. The molecule has 0 aliphatic carbocycles. The lowest BCUT2D eigenvalue weighted by atomic mass is 10.1. The molecule has 9 heteroatoms. The van der Waals surface area contributed by atoms with Crippen molar-refractivity contribution in [2.24, 2.45) is 0 Å². The van der Waals surface area contributed by atoms with Gasteiger partial charge in [-0.05, 0) is 67.8 Å². The van der Waals surface area contributed by atoms with E-state index in [1.54, 1.807) is 32.7 Å². The first-order valence-electron chi connectivity index (χ1n) is 12.5. The largest absolute Gasteiger partial charge is 0.493 e. The number of benzene rings is 2. The van der Waals surface area contributed by atoms with Crippen LogP contribution in [0.2, 0.25) is 0 Å². The average Bonchev–Trinajstić information content (AvgIpc) is 3.32. The van der Waals surface area contributed by atoms with E-state index in [2.05, 4.69) is 11.4 Å². The topological polar surface area (TPSA) is 80.3 Å². The monoisotopic (exact) mass is 539 g/mol. The fourth-order valence-electron chi connectivity index (χ4n) is 3.99. The van der Waals surface area contributed by atoms with Gasteiger partial charge in [-0.2, -0.15) is 0 Å². The summed E-state index contributed by atoms with van der Waals surface area (Å²) in [5, 5.41) is 2.91. The van der Waals surface area contributed by atoms with Crippen molar-refractivity contribution in [3.05, 3.63) is 75.5 Å². The van der Waals surface area contributed by atoms with Gasteiger partial charge in [-0.25, -0.2) is 4.79 Å². The zero-order valence-electron chi connectivity index (χ0n) is 22.8. The predicted molar refractivity (Wildman–Crippen MR) is 151 cm³/mol. The second kappa shape index (κ2) is 14.4. The van der Waals surface area contributed by atoms with E-state index in [0.29, 0.717) is 49.8 Å². The highest BCUT2D eigenvalue weighted by molar-refractivity contribution is 7.11. The Bertz CT molecular complexity index is 1210. The van der Waals surface area contributed by atoms with Gasteiger partial charge in [0.15, 0.2) is 11.5 Å². The van der Waals surface area contributed by atoms with Gasteiger partial charge in [0.25, 0.3) is 0 Å². The van der Waals surface area contributed by atoms with E-state index in [-0.39, 0.29) is 18.5 Å². The molecule has 0 fully saturated rings. The highest BCUT2D eigenvalue weighted by atomic mass is 32.1. The standard InChI is InChI=1S/C29H37N3O5S/c1-21-7-6-8-24(17-21)30-29(34)32(15-16-35-3)20-28(33)31(19-25-11-9-22(2)38-25)14-13-23-10-12-26(36-4)27(18-23)37-5/h6-12,17-18H,13-16,19-20H2,1-5H3,(H,30,34). The maximum absolute atomic E-state index is 13.6. The molecule has 3 amide bonds. The van der Waals surface area contributed by atoms with Gasteiger partial charge in [-0.3, -0.25) is 4.79 Å². The van der Waals surface area contributed by atoms with E-state index < -0.39 is 0 Å². The van der Waals surface area contributed by atoms with Crippen LogP contribution in [-0.2, 0) is 22.5 Å². The van der Waals surface area contributed by atoms with E-state index in [9.17, 15) is 9.59 Å². The molecule has 0 atom stereocenters. The molecule has 0 unspecified atom stereocenters. The SMILES string of the molecule is COCCN(CC(=O)N(CCc1ccc(OC)c(OC)c1)Cc1ccc(C)s1)C(=O)Nc1cccc(C)c1. The molecule has 0 bridgehead atoms. The van der Waals surface area contributed by atoms with Gasteiger partial charge < -0.3 is 29.3 Å². The average molecular weight is 540 g/mol. The number of hydrogen-bond donors (Lipinski definition) is 1. The number of urea groups is 1. The summed E-state index contributed by atoms with van der Waals surface area (Å²) >= 11 is 1.67. The normalized spacial score (nSPS) is 10.7. The second-order valence-corrected chi connectivity index (χ2v) is 10.4. The Morgan fingerprint density at radius 3 is 2.34 bits per heavy atom. The van der Waals surface area contributed by atoms with Crippen molar-refractivity contribution in [2.75, 3.05) is 52.9 Å². The smallest absolute Gasteiger partial charge is 0.322 e. The fourth-order valence-corrected chi connectivity index (χ4v) is 4.90. The van der Waals surface area contributed by atoms with Crippen LogP contribution in [0.15, 0.2) is 54.6 Å². The van der Waals surface area contributed by atoms with Gasteiger partial charge >= 0.3 is 6.03 Å². The summed E-state index contributed by atoms with van der Waals surface area (Å²) in [6.07, 6.45) is 0.629. The van der Waals surface area contributed by atoms with Crippen LogP contribution in [0.3, 0.4) is 0 Å². The number of nitrogens with one attached hydrogen (secondary N) is 1. The molecule has 3 aromatic rings. The maximum Gasteiger partial charge on any atom is 0.322 e. The summed E-state index contributed by atoms with van der Waals surface area (Å²) in [6.45, 7) is 5.53. The third-order valence-electron chi connectivity index (χ3n) is 6.06. The molecule has 0 aliphatic heterocycles. The minimum Gasteiger partial charge on any atom is -0.493 e. The Hall–Kier alpha value is -3.56. The highest BCUT2D eigenvalue weighted by Crippen LogP contribution is 2.28. The lowest BCUT2D eigenvalue weighted by Crippen LogP contribution is -2.46.